The summed E-state index contributed by atoms with van der Waals surface area (Å²) in [5.41, 5.74) is 3.66. The van der Waals surface area contributed by atoms with Gasteiger partial charge in [0.2, 0.25) is 0 Å². The molecule has 0 aliphatic carbocycles. The number of aromatic nitrogens is 5. The van der Waals surface area contributed by atoms with E-state index in [4.69, 9.17) is 6.57 Å². The van der Waals surface area contributed by atoms with Crippen molar-refractivity contribution in [3.05, 3.63) is 88.2 Å². The molecule has 5 heterocycles. The van der Waals surface area contributed by atoms with Gasteiger partial charge in [0, 0.05) is 30.9 Å². The normalized spacial score (nSPS) is 15.8. The number of fused-ring (bicyclic) bond motifs is 3. The molecule has 0 saturated heterocycles. The molecule has 0 unspecified atom stereocenters. The number of aromatic amines is 1. The van der Waals surface area contributed by atoms with E-state index in [1.165, 1.54) is 29.7 Å². The number of carbonyl (C=O) groups is 1. The second-order valence-electron chi connectivity index (χ2n) is 7.47. The maximum absolute atomic E-state index is 13.7. The van der Waals surface area contributed by atoms with Gasteiger partial charge < -0.3 is 9.88 Å². The molecule has 4 aromatic heterocycles. The van der Waals surface area contributed by atoms with Gasteiger partial charge in [0.05, 0.1) is 46.1 Å². The van der Waals surface area contributed by atoms with E-state index < -0.39 is 6.04 Å². The average Bonchev–Trinajstić information content (AvgIpc) is 3.54. The van der Waals surface area contributed by atoms with Crippen molar-refractivity contribution in [1.29, 1.82) is 0 Å². The van der Waals surface area contributed by atoms with Gasteiger partial charge >= 0.3 is 0 Å². The number of rotatable bonds is 2. The maximum Gasteiger partial charge on any atom is 0.258 e. The van der Waals surface area contributed by atoms with E-state index >= 15 is 0 Å². The zero-order valence-electron chi connectivity index (χ0n) is 16.5. The Balaban J connectivity index is 1.49. The van der Waals surface area contributed by atoms with Gasteiger partial charge in [0.1, 0.15) is 16.9 Å². The van der Waals surface area contributed by atoms with Gasteiger partial charge in [0.15, 0.2) is 5.69 Å². The van der Waals surface area contributed by atoms with Crippen molar-refractivity contribution in [3.8, 4) is 0 Å². The number of nitrogens with one attached hydrogen (secondary N) is 1. The topological polar surface area (TPSA) is 83.5 Å². The minimum atomic E-state index is -0.503. The zero-order valence-corrected chi connectivity index (χ0v) is 17.3. The summed E-state index contributed by atoms with van der Waals surface area (Å²) in [7, 11) is 0. The number of hydrogen-bond acceptors (Lipinski definition) is 5. The Kier molecular flexibility index (Phi) is 4.06. The molecule has 1 aromatic carbocycles. The van der Waals surface area contributed by atoms with Gasteiger partial charge in [0.25, 0.3) is 5.91 Å². The van der Waals surface area contributed by atoms with E-state index in [0.29, 0.717) is 40.3 Å². The molecule has 1 aliphatic heterocycles. The maximum atomic E-state index is 13.7. The fourth-order valence-corrected chi connectivity index (χ4v) is 5.20. The Morgan fingerprint density at radius 1 is 1.31 bits per heavy atom. The Morgan fingerprint density at radius 3 is 3.09 bits per heavy atom. The van der Waals surface area contributed by atoms with E-state index in [0.717, 1.165) is 16.1 Å². The number of imidazole rings is 1. The van der Waals surface area contributed by atoms with Crippen LogP contribution >= 0.6 is 11.3 Å². The molecule has 32 heavy (non-hydrogen) atoms. The number of halogens is 1. The van der Waals surface area contributed by atoms with Crippen LogP contribution in [0.2, 0.25) is 0 Å². The van der Waals surface area contributed by atoms with Crippen molar-refractivity contribution in [1.82, 2.24) is 29.5 Å². The summed E-state index contributed by atoms with van der Waals surface area (Å²) < 4.78 is 16.2. The lowest BCUT2D eigenvalue weighted by atomic mass is 10.0. The predicted octanol–water partition coefficient (Wildman–Crippen LogP) is 4.14. The molecule has 10 heteroatoms. The lowest BCUT2D eigenvalue weighted by Crippen LogP contribution is -2.40. The second kappa shape index (κ2) is 6.96. The molecule has 0 spiro atoms. The third-order valence-electron chi connectivity index (χ3n) is 5.65. The molecule has 1 N–H and O–H groups in total. The molecule has 1 aliphatic rings. The number of amides is 1. The van der Waals surface area contributed by atoms with Crippen molar-refractivity contribution in [3.63, 3.8) is 0 Å². The Labute approximate surface area is 184 Å². The predicted molar refractivity (Wildman–Crippen MR) is 116 cm³/mol. The Morgan fingerprint density at radius 2 is 2.22 bits per heavy atom. The first-order valence-corrected chi connectivity index (χ1v) is 10.7. The fourth-order valence-electron chi connectivity index (χ4n) is 4.14. The monoisotopic (exact) mass is 443 g/mol. The molecule has 0 bridgehead atoms. The minimum absolute atomic E-state index is 0.216. The SMILES string of the molecule is [C-]#[N+]c1ccn2ncc(C(=O)N3CCc4[nH]cnc4[C@H]3c3nc4cc(F)ccc4s3)c2c1. The van der Waals surface area contributed by atoms with Crippen molar-refractivity contribution in [2.75, 3.05) is 6.54 Å². The van der Waals surface area contributed by atoms with Crippen molar-refractivity contribution in [2.24, 2.45) is 0 Å². The van der Waals surface area contributed by atoms with Crippen LogP contribution < -0.4 is 0 Å². The van der Waals surface area contributed by atoms with E-state index in [1.807, 2.05) is 0 Å². The number of H-pyrrole nitrogens is 1. The van der Waals surface area contributed by atoms with Crippen LogP contribution in [0.3, 0.4) is 0 Å². The summed E-state index contributed by atoms with van der Waals surface area (Å²) in [6.45, 7) is 7.74. The number of hydrogen-bond donors (Lipinski definition) is 1. The molecule has 8 nitrogen and oxygen atoms in total. The van der Waals surface area contributed by atoms with Crippen LogP contribution in [-0.4, -0.2) is 41.9 Å². The summed E-state index contributed by atoms with van der Waals surface area (Å²) >= 11 is 1.42. The molecular formula is C22H14FN7OS. The quantitative estimate of drug-likeness (QED) is 0.416. The van der Waals surface area contributed by atoms with Crippen LogP contribution in [-0.2, 0) is 6.42 Å². The van der Waals surface area contributed by atoms with Crippen LogP contribution in [0.4, 0.5) is 10.1 Å². The van der Waals surface area contributed by atoms with Gasteiger partial charge in [-0.1, -0.05) is 0 Å². The molecular weight excluding hydrogens is 429 g/mol. The lowest BCUT2D eigenvalue weighted by Gasteiger charge is -2.33. The van der Waals surface area contributed by atoms with E-state index in [2.05, 4.69) is 24.9 Å². The average molecular weight is 443 g/mol. The minimum Gasteiger partial charge on any atom is -0.348 e. The molecule has 6 rings (SSSR count). The summed E-state index contributed by atoms with van der Waals surface area (Å²) in [6, 6.07) is 7.31. The van der Waals surface area contributed by atoms with Crippen molar-refractivity contribution >= 4 is 38.7 Å². The van der Waals surface area contributed by atoms with Gasteiger partial charge in [-0.05, 0) is 24.3 Å². The van der Waals surface area contributed by atoms with E-state index in [-0.39, 0.29) is 11.7 Å². The van der Waals surface area contributed by atoms with Gasteiger partial charge in [-0.25, -0.2) is 23.7 Å². The number of pyridine rings is 1. The highest BCUT2D eigenvalue weighted by molar-refractivity contribution is 7.18. The summed E-state index contributed by atoms with van der Waals surface area (Å²) in [5.74, 6) is -0.570. The van der Waals surface area contributed by atoms with Crippen molar-refractivity contribution in [2.45, 2.75) is 12.5 Å². The lowest BCUT2D eigenvalue weighted by molar-refractivity contribution is 0.0692. The highest BCUT2D eigenvalue weighted by Crippen LogP contribution is 2.38. The summed E-state index contributed by atoms with van der Waals surface area (Å²) in [5, 5.41) is 4.95. The Bertz CT molecular complexity index is 1560. The van der Waals surface area contributed by atoms with Crippen LogP contribution in [0.1, 0.15) is 32.8 Å². The van der Waals surface area contributed by atoms with Crippen molar-refractivity contribution < 1.29 is 9.18 Å². The molecule has 1 atom stereocenters. The first kappa shape index (κ1) is 18.7. The first-order valence-electron chi connectivity index (χ1n) is 9.86. The second-order valence-corrected chi connectivity index (χ2v) is 8.53. The molecule has 0 fully saturated rings. The third kappa shape index (κ3) is 2.79. The van der Waals surface area contributed by atoms with Crippen LogP contribution in [0.5, 0.6) is 0 Å². The van der Waals surface area contributed by atoms with E-state index in [9.17, 15) is 9.18 Å². The summed E-state index contributed by atoms with van der Waals surface area (Å²) in [6.07, 6.45) is 5.44. The third-order valence-corrected chi connectivity index (χ3v) is 6.74. The zero-order chi connectivity index (χ0) is 21.8. The largest absolute Gasteiger partial charge is 0.348 e. The molecule has 0 radical (unpaired) electrons. The number of thiazole rings is 1. The first-order chi connectivity index (χ1) is 15.6. The standard InChI is InChI=1S/C22H14FN7OS/c1-24-13-4-7-30-17(9-13)14(10-27-30)22(31)29-6-5-15-19(26-11-25-15)20(29)21-28-16-8-12(23)2-3-18(16)32-21/h2-4,7-11,20H,5-6H2,(H,25,26)/t20-/m0/s1. The smallest absolute Gasteiger partial charge is 0.258 e. The summed E-state index contributed by atoms with van der Waals surface area (Å²) in [4.78, 5) is 31.2. The van der Waals surface area contributed by atoms with Crippen LogP contribution in [0.15, 0.2) is 49.1 Å². The molecule has 1 amide bonds. The van der Waals surface area contributed by atoms with Gasteiger partial charge in [-0.15, -0.1) is 11.3 Å². The van der Waals surface area contributed by atoms with Gasteiger partial charge in [-0.3, -0.25) is 4.79 Å². The molecule has 156 valence electrons. The number of carbonyl (C=O) groups excluding carboxylic acids is 1. The number of nitrogens with zero attached hydrogens (tertiary/aromatic N) is 6. The highest BCUT2D eigenvalue weighted by atomic mass is 32.1. The van der Waals surface area contributed by atoms with Gasteiger partial charge in [-0.2, -0.15) is 5.10 Å². The van der Waals surface area contributed by atoms with Crippen LogP contribution in [0, 0.1) is 12.4 Å². The number of benzene rings is 1. The van der Waals surface area contributed by atoms with Crippen LogP contribution in [0.25, 0.3) is 20.6 Å². The fraction of sp³-hybridized carbons (Fsp3) is 0.136. The molecule has 0 saturated carbocycles. The highest BCUT2D eigenvalue weighted by Gasteiger charge is 2.37. The Hall–Kier alpha value is -4.10. The van der Waals surface area contributed by atoms with E-state index in [1.54, 1.807) is 40.1 Å². The molecule has 5 aromatic rings.